The molecule has 1 aromatic carbocycles. The van der Waals surface area contributed by atoms with Crippen molar-refractivity contribution in [3.63, 3.8) is 0 Å². The molecule has 2 N–H and O–H groups in total. The van der Waals surface area contributed by atoms with E-state index in [9.17, 15) is 14.0 Å². The molecule has 0 bridgehead atoms. The number of hydrogen-bond donors (Lipinski definition) is 2. The first kappa shape index (κ1) is 12.3. The summed E-state index contributed by atoms with van der Waals surface area (Å²) in [6.45, 7) is 0. The van der Waals surface area contributed by atoms with Gasteiger partial charge in [-0.25, -0.2) is 9.18 Å². The molecule has 6 heteroatoms. The molecule has 0 aliphatic heterocycles. The van der Waals surface area contributed by atoms with Crippen molar-refractivity contribution in [1.29, 1.82) is 0 Å². The molecule has 0 saturated carbocycles. The molecule has 2 aromatic rings. The second-order valence-corrected chi connectivity index (χ2v) is 4.35. The Morgan fingerprint density at radius 2 is 2.06 bits per heavy atom. The van der Waals surface area contributed by atoms with Crippen LogP contribution in [0.25, 0.3) is 0 Å². The van der Waals surface area contributed by atoms with Crippen LogP contribution in [0.15, 0.2) is 35.7 Å². The molecule has 0 spiro atoms. The number of thiophene rings is 1. The fourth-order valence-corrected chi connectivity index (χ4v) is 2.08. The number of nitrogens with one attached hydrogen (secondary N) is 1. The van der Waals surface area contributed by atoms with Crippen molar-refractivity contribution in [1.82, 2.24) is 0 Å². The van der Waals surface area contributed by atoms with Crippen molar-refractivity contribution in [2.45, 2.75) is 0 Å². The first-order valence-electron chi connectivity index (χ1n) is 4.95. The molecule has 0 unspecified atom stereocenters. The van der Waals surface area contributed by atoms with Gasteiger partial charge in [0.15, 0.2) is 0 Å². The summed E-state index contributed by atoms with van der Waals surface area (Å²) in [6, 6.07) is 6.67. The number of halogens is 1. The van der Waals surface area contributed by atoms with Gasteiger partial charge in [-0.15, -0.1) is 11.3 Å². The summed E-state index contributed by atoms with van der Waals surface area (Å²) in [4.78, 5) is 22.7. The molecule has 0 fully saturated rings. The topological polar surface area (TPSA) is 66.4 Å². The summed E-state index contributed by atoms with van der Waals surface area (Å²) in [5.41, 5.74) is 0.347. The maximum Gasteiger partial charge on any atom is 0.348 e. The highest BCUT2D eigenvalue weighted by molar-refractivity contribution is 7.12. The van der Waals surface area contributed by atoms with Gasteiger partial charge < -0.3 is 10.4 Å². The lowest BCUT2D eigenvalue weighted by atomic mass is 10.2. The number of aromatic carboxylic acids is 1. The van der Waals surface area contributed by atoms with Crippen LogP contribution in [-0.4, -0.2) is 17.0 Å². The zero-order valence-corrected chi connectivity index (χ0v) is 9.83. The molecule has 4 nitrogen and oxygen atoms in total. The lowest BCUT2D eigenvalue weighted by Gasteiger charge is -2.04. The Kier molecular flexibility index (Phi) is 3.38. The number of amides is 1. The minimum atomic E-state index is -1.11. The number of rotatable bonds is 3. The van der Waals surface area contributed by atoms with Crippen LogP contribution in [0, 0.1) is 5.82 Å². The molecule has 1 heterocycles. The zero-order chi connectivity index (χ0) is 13.1. The summed E-state index contributed by atoms with van der Waals surface area (Å²) in [7, 11) is 0. The van der Waals surface area contributed by atoms with E-state index in [0.717, 1.165) is 17.4 Å². The minimum absolute atomic E-state index is 0.0414. The zero-order valence-electron chi connectivity index (χ0n) is 9.01. The SMILES string of the molecule is O=C(Nc1ccsc1C(=O)O)c1cccc(F)c1. The van der Waals surface area contributed by atoms with Crippen molar-refractivity contribution < 1.29 is 19.1 Å². The fraction of sp³-hybridized carbons (Fsp3) is 0. The summed E-state index contributed by atoms with van der Waals surface area (Å²) in [5, 5.41) is 12.9. The second kappa shape index (κ2) is 4.97. The third-order valence-electron chi connectivity index (χ3n) is 2.19. The monoisotopic (exact) mass is 265 g/mol. The highest BCUT2D eigenvalue weighted by Gasteiger charge is 2.15. The Morgan fingerprint density at radius 3 is 2.72 bits per heavy atom. The van der Waals surface area contributed by atoms with Gasteiger partial charge in [0.25, 0.3) is 5.91 Å². The van der Waals surface area contributed by atoms with E-state index in [1.807, 2.05) is 0 Å². The maximum atomic E-state index is 12.9. The molecule has 0 atom stereocenters. The second-order valence-electron chi connectivity index (χ2n) is 3.43. The van der Waals surface area contributed by atoms with Crippen LogP contribution in [0.4, 0.5) is 10.1 Å². The average Bonchev–Trinajstić information content (AvgIpc) is 2.77. The molecule has 0 radical (unpaired) electrons. The number of carbonyl (C=O) groups excluding carboxylic acids is 1. The van der Waals surface area contributed by atoms with Gasteiger partial charge >= 0.3 is 5.97 Å². The van der Waals surface area contributed by atoms with E-state index < -0.39 is 17.7 Å². The van der Waals surface area contributed by atoms with Gasteiger partial charge in [0.05, 0.1) is 5.69 Å². The van der Waals surface area contributed by atoms with Gasteiger partial charge in [0, 0.05) is 5.56 Å². The molecule has 2 rings (SSSR count). The van der Waals surface area contributed by atoms with Crippen LogP contribution in [0.2, 0.25) is 0 Å². The molecular formula is C12H8FNO3S. The number of carboxylic acid groups (broad SMARTS) is 1. The number of carbonyl (C=O) groups is 2. The summed E-state index contributed by atoms with van der Waals surface area (Å²) >= 11 is 1.01. The largest absolute Gasteiger partial charge is 0.477 e. The van der Waals surface area contributed by atoms with E-state index in [-0.39, 0.29) is 16.1 Å². The van der Waals surface area contributed by atoms with Crippen molar-refractivity contribution in [3.8, 4) is 0 Å². The molecule has 0 aliphatic rings. The van der Waals surface area contributed by atoms with E-state index in [1.54, 1.807) is 5.38 Å². The third kappa shape index (κ3) is 2.54. The van der Waals surface area contributed by atoms with E-state index >= 15 is 0 Å². The number of benzene rings is 1. The standard InChI is InChI=1S/C12H8FNO3S/c13-8-3-1-2-7(6-8)11(15)14-9-4-5-18-10(9)12(16)17/h1-6H,(H,14,15)(H,16,17). The summed E-state index contributed by atoms with van der Waals surface area (Å²) in [5.74, 6) is -2.18. The van der Waals surface area contributed by atoms with Gasteiger partial charge in [-0.2, -0.15) is 0 Å². The highest BCUT2D eigenvalue weighted by atomic mass is 32.1. The first-order valence-corrected chi connectivity index (χ1v) is 5.83. The quantitative estimate of drug-likeness (QED) is 0.896. The predicted octanol–water partition coefficient (Wildman–Crippen LogP) is 2.84. The van der Waals surface area contributed by atoms with E-state index in [2.05, 4.69) is 5.32 Å². The van der Waals surface area contributed by atoms with Crippen molar-refractivity contribution in [2.75, 3.05) is 5.32 Å². The Morgan fingerprint density at radius 1 is 1.28 bits per heavy atom. The number of hydrogen-bond acceptors (Lipinski definition) is 3. The van der Waals surface area contributed by atoms with E-state index in [4.69, 9.17) is 5.11 Å². The van der Waals surface area contributed by atoms with Crippen molar-refractivity contribution >= 4 is 28.9 Å². The van der Waals surface area contributed by atoms with Crippen molar-refractivity contribution in [2.24, 2.45) is 0 Å². The van der Waals surface area contributed by atoms with Crippen LogP contribution in [0.3, 0.4) is 0 Å². The highest BCUT2D eigenvalue weighted by Crippen LogP contribution is 2.22. The average molecular weight is 265 g/mol. The van der Waals surface area contributed by atoms with E-state index in [1.165, 1.54) is 24.3 Å². The lowest BCUT2D eigenvalue weighted by molar-refractivity contribution is 0.0703. The van der Waals surface area contributed by atoms with Gasteiger partial charge in [-0.05, 0) is 29.6 Å². The molecule has 0 saturated heterocycles. The predicted molar refractivity (Wildman–Crippen MR) is 65.6 cm³/mol. The van der Waals surface area contributed by atoms with Gasteiger partial charge in [0.1, 0.15) is 10.7 Å². The normalized spacial score (nSPS) is 10.1. The Balaban J connectivity index is 2.21. The molecule has 18 heavy (non-hydrogen) atoms. The van der Waals surface area contributed by atoms with Crippen LogP contribution in [0.5, 0.6) is 0 Å². The minimum Gasteiger partial charge on any atom is -0.477 e. The Bertz CT molecular complexity index is 609. The smallest absolute Gasteiger partial charge is 0.348 e. The van der Waals surface area contributed by atoms with Crippen LogP contribution < -0.4 is 5.32 Å². The molecule has 1 aromatic heterocycles. The van der Waals surface area contributed by atoms with Crippen LogP contribution in [-0.2, 0) is 0 Å². The summed E-state index contributed by atoms with van der Waals surface area (Å²) in [6.07, 6.45) is 0. The first-order chi connectivity index (χ1) is 8.58. The van der Waals surface area contributed by atoms with Crippen LogP contribution >= 0.6 is 11.3 Å². The van der Waals surface area contributed by atoms with E-state index in [0.29, 0.717) is 0 Å². The lowest BCUT2D eigenvalue weighted by Crippen LogP contribution is -2.13. The van der Waals surface area contributed by atoms with Gasteiger partial charge in [-0.1, -0.05) is 6.07 Å². The summed E-state index contributed by atoms with van der Waals surface area (Å²) < 4.78 is 12.9. The Labute approximate surface area is 106 Å². The van der Waals surface area contributed by atoms with Gasteiger partial charge in [0.2, 0.25) is 0 Å². The van der Waals surface area contributed by atoms with Gasteiger partial charge in [-0.3, -0.25) is 4.79 Å². The molecular weight excluding hydrogens is 257 g/mol. The van der Waals surface area contributed by atoms with Crippen molar-refractivity contribution in [3.05, 3.63) is 52.0 Å². The molecule has 1 amide bonds. The number of anilines is 1. The molecule has 0 aliphatic carbocycles. The fourth-order valence-electron chi connectivity index (χ4n) is 1.40. The molecule has 92 valence electrons. The maximum absolute atomic E-state index is 12.9. The number of carboxylic acids is 1. The Hall–Kier alpha value is -2.21. The third-order valence-corrected chi connectivity index (χ3v) is 3.10. The van der Waals surface area contributed by atoms with Crippen LogP contribution in [0.1, 0.15) is 20.0 Å².